The number of hydrogen-bond acceptors (Lipinski definition) is 8. The van der Waals surface area contributed by atoms with Crippen molar-refractivity contribution in [2.45, 2.75) is 19.1 Å². The van der Waals surface area contributed by atoms with E-state index < -0.39 is 24.8 Å². The molecule has 0 saturated carbocycles. The maximum Gasteiger partial charge on any atom is 0.528 e. The first-order chi connectivity index (χ1) is 18.6. The number of benzene rings is 3. The van der Waals surface area contributed by atoms with Crippen LogP contribution in [0, 0.1) is 0 Å². The van der Waals surface area contributed by atoms with E-state index in [1.54, 1.807) is 23.5 Å². The second kappa shape index (κ2) is 11.5. The van der Waals surface area contributed by atoms with Gasteiger partial charge in [-0.15, -0.1) is 5.06 Å². The molecule has 1 aliphatic rings. The Morgan fingerprint density at radius 3 is 2.47 bits per heavy atom. The lowest BCUT2D eigenvalue weighted by Gasteiger charge is -2.36. The summed E-state index contributed by atoms with van der Waals surface area (Å²) in [5, 5.41) is 10.8. The second-order valence-electron chi connectivity index (χ2n) is 8.67. The van der Waals surface area contributed by atoms with Gasteiger partial charge in [0.1, 0.15) is 18.7 Å². The number of aliphatic carboxylic acids is 1. The summed E-state index contributed by atoms with van der Waals surface area (Å²) in [5.41, 5.74) is 5.06. The van der Waals surface area contributed by atoms with Gasteiger partial charge >= 0.3 is 12.1 Å². The van der Waals surface area contributed by atoms with E-state index in [9.17, 15) is 14.7 Å². The topological polar surface area (TPSA) is 111 Å². The van der Waals surface area contributed by atoms with Crippen molar-refractivity contribution in [1.29, 1.82) is 0 Å². The van der Waals surface area contributed by atoms with Gasteiger partial charge in [-0.1, -0.05) is 60.7 Å². The first kappa shape index (κ1) is 24.9. The molecule has 0 bridgehead atoms. The molecule has 1 aromatic heterocycles. The van der Waals surface area contributed by atoms with Gasteiger partial charge in [0.25, 0.3) is 0 Å². The standard InChI is InChI=1S/C29H25N3O6/c33-27(34)18-36-26-11-10-22(23-15-30-19-31-16-23)14-25(26)28-24-9-5-4-8-21(24)12-13-32(28)38-29(35)37-17-20-6-2-1-3-7-20/h1-11,14-16,19,28H,12-13,17-18H2,(H,33,34). The fraction of sp³-hybridized carbons (Fsp3) is 0.172. The van der Waals surface area contributed by atoms with Gasteiger partial charge in [0, 0.05) is 30.1 Å². The Bertz CT molecular complexity index is 1410. The van der Waals surface area contributed by atoms with Gasteiger partial charge in [-0.25, -0.2) is 19.6 Å². The molecule has 0 saturated heterocycles. The lowest BCUT2D eigenvalue weighted by atomic mass is 9.88. The van der Waals surface area contributed by atoms with Crippen LogP contribution in [0.5, 0.6) is 5.75 Å². The SMILES string of the molecule is O=C(O)COc1ccc(-c2cncnc2)cc1C1c2ccccc2CCN1OC(=O)OCc1ccccc1. The number of ether oxygens (including phenoxy) is 2. The lowest BCUT2D eigenvalue weighted by Crippen LogP contribution is -2.38. The van der Waals surface area contributed by atoms with Gasteiger partial charge in [0.15, 0.2) is 6.61 Å². The summed E-state index contributed by atoms with van der Waals surface area (Å²) in [6.45, 7) is -0.0421. The van der Waals surface area contributed by atoms with Crippen molar-refractivity contribution in [2.75, 3.05) is 13.2 Å². The fourth-order valence-corrected chi connectivity index (χ4v) is 4.46. The summed E-state index contributed by atoms with van der Waals surface area (Å²) < 4.78 is 11.1. The van der Waals surface area contributed by atoms with Crippen LogP contribution < -0.4 is 4.74 Å². The van der Waals surface area contributed by atoms with Crippen molar-refractivity contribution in [3.05, 3.63) is 114 Å². The number of rotatable bonds is 8. The fourth-order valence-electron chi connectivity index (χ4n) is 4.46. The Labute approximate surface area is 219 Å². The maximum absolute atomic E-state index is 12.8. The minimum atomic E-state index is -1.10. The molecule has 192 valence electrons. The van der Waals surface area contributed by atoms with E-state index in [0.717, 1.165) is 27.8 Å². The predicted octanol–water partition coefficient (Wildman–Crippen LogP) is 4.82. The van der Waals surface area contributed by atoms with Crippen LogP contribution in [-0.2, 0) is 27.4 Å². The minimum Gasteiger partial charge on any atom is -0.482 e. The first-order valence-electron chi connectivity index (χ1n) is 12.1. The zero-order chi connectivity index (χ0) is 26.3. The molecule has 3 aromatic carbocycles. The molecule has 0 radical (unpaired) electrons. The van der Waals surface area contributed by atoms with Gasteiger partial charge in [0.2, 0.25) is 0 Å². The minimum absolute atomic E-state index is 0.0746. The van der Waals surface area contributed by atoms with Crippen molar-refractivity contribution in [3.63, 3.8) is 0 Å². The van der Waals surface area contributed by atoms with Gasteiger partial charge in [-0.2, -0.15) is 0 Å². The first-order valence-corrected chi connectivity index (χ1v) is 12.1. The molecule has 0 aliphatic carbocycles. The molecule has 1 unspecified atom stereocenters. The highest BCUT2D eigenvalue weighted by atomic mass is 16.8. The average Bonchev–Trinajstić information content (AvgIpc) is 2.96. The zero-order valence-corrected chi connectivity index (χ0v) is 20.4. The monoisotopic (exact) mass is 511 g/mol. The lowest BCUT2D eigenvalue weighted by molar-refractivity contribution is -0.152. The molecule has 38 heavy (non-hydrogen) atoms. The van der Waals surface area contributed by atoms with E-state index in [0.29, 0.717) is 24.3 Å². The molecular formula is C29H25N3O6. The van der Waals surface area contributed by atoms with E-state index in [-0.39, 0.29) is 6.61 Å². The molecule has 9 nitrogen and oxygen atoms in total. The molecule has 2 heterocycles. The number of aromatic nitrogens is 2. The van der Waals surface area contributed by atoms with E-state index in [2.05, 4.69) is 9.97 Å². The summed E-state index contributed by atoms with van der Waals surface area (Å²) >= 11 is 0. The van der Waals surface area contributed by atoms with Crippen LogP contribution in [0.1, 0.15) is 28.3 Å². The molecule has 1 aliphatic heterocycles. The van der Waals surface area contributed by atoms with E-state index in [1.807, 2.05) is 66.7 Å². The molecule has 1 atom stereocenters. The van der Waals surface area contributed by atoms with Crippen LogP contribution in [-0.4, -0.2) is 45.4 Å². The summed E-state index contributed by atoms with van der Waals surface area (Å²) in [7, 11) is 0. The maximum atomic E-state index is 12.8. The highest BCUT2D eigenvalue weighted by Crippen LogP contribution is 2.41. The number of fused-ring (bicyclic) bond motifs is 1. The van der Waals surface area contributed by atoms with Gasteiger partial charge < -0.3 is 19.4 Å². The van der Waals surface area contributed by atoms with Crippen LogP contribution in [0.4, 0.5) is 4.79 Å². The summed E-state index contributed by atoms with van der Waals surface area (Å²) in [4.78, 5) is 38.0. The smallest absolute Gasteiger partial charge is 0.482 e. The molecule has 0 amide bonds. The third kappa shape index (κ3) is 5.79. The van der Waals surface area contributed by atoms with Crippen LogP contribution >= 0.6 is 0 Å². The Morgan fingerprint density at radius 1 is 0.921 bits per heavy atom. The highest BCUT2D eigenvalue weighted by Gasteiger charge is 2.34. The van der Waals surface area contributed by atoms with Gasteiger partial charge in [-0.3, -0.25) is 0 Å². The number of nitrogens with zero attached hydrogens (tertiary/aromatic N) is 3. The normalized spacial score (nSPS) is 14.8. The molecule has 4 aromatic rings. The number of hydroxylamine groups is 2. The third-order valence-electron chi connectivity index (χ3n) is 6.18. The third-order valence-corrected chi connectivity index (χ3v) is 6.18. The van der Waals surface area contributed by atoms with Crippen LogP contribution in [0.25, 0.3) is 11.1 Å². The summed E-state index contributed by atoms with van der Waals surface area (Å²) in [6, 6.07) is 22.0. The number of hydrogen-bond donors (Lipinski definition) is 1. The van der Waals surface area contributed by atoms with Gasteiger partial charge in [-0.05, 0) is 40.8 Å². The highest BCUT2D eigenvalue weighted by molar-refractivity contribution is 5.69. The van der Waals surface area contributed by atoms with Crippen molar-refractivity contribution < 1.29 is 29.0 Å². The molecule has 9 heteroatoms. The average molecular weight is 512 g/mol. The van der Waals surface area contributed by atoms with E-state index in [4.69, 9.17) is 14.3 Å². The van der Waals surface area contributed by atoms with Crippen molar-refractivity contribution in [3.8, 4) is 16.9 Å². The molecule has 0 spiro atoms. The molecule has 0 fully saturated rings. The predicted molar refractivity (Wildman–Crippen MR) is 137 cm³/mol. The largest absolute Gasteiger partial charge is 0.528 e. The molecule has 1 N–H and O–H groups in total. The quantitative estimate of drug-likeness (QED) is 0.333. The Hall–Kier alpha value is -4.76. The van der Waals surface area contributed by atoms with Crippen LogP contribution in [0.3, 0.4) is 0 Å². The Kier molecular flexibility index (Phi) is 7.56. The molecular weight excluding hydrogens is 486 g/mol. The summed E-state index contributed by atoms with van der Waals surface area (Å²) in [6.07, 6.45) is 4.64. The molecule has 5 rings (SSSR count). The van der Waals surface area contributed by atoms with E-state index >= 15 is 0 Å². The number of carbonyl (C=O) groups is 2. The van der Waals surface area contributed by atoms with Gasteiger partial charge in [0.05, 0.1) is 6.04 Å². The number of carbonyl (C=O) groups excluding carboxylic acids is 1. The van der Waals surface area contributed by atoms with Crippen molar-refractivity contribution in [2.24, 2.45) is 0 Å². The van der Waals surface area contributed by atoms with Crippen molar-refractivity contribution in [1.82, 2.24) is 15.0 Å². The summed E-state index contributed by atoms with van der Waals surface area (Å²) in [5.74, 6) is -0.737. The number of carboxylic acids is 1. The Balaban J connectivity index is 1.51. The van der Waals surface area contributed by atoms with Crippen molar-refractivity contribution >= 4 is 12.1 Å². The number of carboxylic acid groups (broad SMARTS) is 1. The second-order valence-corrected chi connectivity index (χ2v) is 8.67. The van der Waals surface area contributed by atoms with Crippen LogP contribution in [0.2, 0.25) is 0 Å². The zero-order valence-electron chi connectivity index (χ0n) is 20.4. The van der Waals surface area contributed by atoms with Crippen LogP contribution in [0.15, 0.2) is 91.5 Å². The Morgan fingerprint density at radius 2 is 1.68 bits per heavy atom. The van der Waals surface area contributed by atoms with E-state index in [1.165, 1.54) is 6.33 Å².